The summed E-state index contributed by atoms with van der Waals surface area (Å²) in [6.07, 6.45) is 6.21. The molecule has 18 heavy (non-hydrogen) atoms. The molecule has 0 aliphatic heterocycles. The third-order valence-corrected chi connectivity index (χ3v) is 2.97. The van der Waals surface area contributed by atoms with E-state index in [9.17, 15) is 0 Å². The fourth-order valence-electron chi connectivity index (χ4n) is 1.70. The predicted octanol–water partition coefficient (Wildman–Crippen LogP) is 1.95. The van der Waals surface area contributed by atoms with Gasteiger partial charge in [-0.15, -0.1) is 0 Å². The van der Waals surface area contributed by atoms with Gasteiger partial charge in [-0.25, -0.2) is 4.68 Å². The lowest BCUT2D eigenvalue weighted by Crippen LogP contribution is -2.06. The maximum atomic E-state index is 5.86. The van der Waals surface area contributed by atoms with Crippen molar-refractivity contribution < 1.29 is 4.74 Å². The fraction of sp³-hybridized carbons (Fsp3) is 0.385. The first kappa shape index (κ1) is 11.1. The minimum Gasteiger partial charge on any atom is -0.476 e. The largest absolute Gasteiger partial charge is 0.476 e. The Bertz CT molecular complexity index is 560. The molecular formula is C13H16N4O. The van der Waals surface area contributed by atoms with E-state index in [2.05, 4.69) is 10.1 Å². The third-order valence-electron chi connectivity index (χ3n) is 2.97. The van der Waals surface area contributed by atoms with Crippen molar-refractivity contribution in [3.05, 3.63) is 30.1 Å². The van der Waals surface area contributed by atoms with Crippen LogP contribution in [0.4, 0.5) is 5.69 Å². The average Bonchev–Trinajstić information content (AvgIpc) is 3.09. The molecule has 0 radical (unpaired) electrons. The van der Waals surface area contributed by atoms with Gasteiger partial charge in [0.15, 0.2) is 5.82 Å². The van der Waals surface area contributed by atoms with Crippen molar-refractivity contribution in [2.45, 2.75) is 19.8 Å². The van der Waals surface area contributed by atoms with Gasteiger partial charge in [0.05, 0.1) is 18.5 Å². The van der Waals surface area contributed by atoms with Crippen molar-refractivity contribution in [2.75, 3.05) is 12.3 Å². The molecule has 5 nitrogen and oxygen atoms in total. The van der Waals surface area contributed by atoms with Crippen LogP contribution < -0.4 is 10.5 Å². The summed E-state index contributed by atoms with van der Waals surface area (Å²) in [7, 11) is 0. The molecule has 0 amide bonds. The molecule has 0 saturated heterocycles. The molecule has 0 bridgehead atoms. The van der Waals surface area contributed by atoms with Gasteiger partial charge in [0.2, 0.25) is 5.88 Å². The molecule has 1 aliphatic rings. The first-order chi connectivity index (χ1) is 8.72. The standard InChI is InChI=1S/C13H16N4O/c1-9-6-15-17(7-9)12-5-4-11(14)13(16-12)18-8-10-2-3-10/h4-7,10H,2-3,8,14H2,1H3. The first-order valence-electron chi connectivity index (χ1n) is 6.13. The molecule has 0 spiro atoms. The van der Waals surface area contributed by atoms with Crippen LogP contribution in [0, 0.1) is 12.8 Å². The summed E-state index contributed by atoms with van der Waals surface area (Å²) >= 11 is 0. The van der Waals surface area contributed by atoms with Crippen LogP contribution in [-0.2, 0) is 0 Å². The number of ether oxygens (including phenoxy) is 1. The topological polar surface area (TPSA) is 66.0 Å². The number of aromatic nitrogens is 3. The van der Waals surface area contributed by atoms with E-state index in [1.807, 2.05) is 25.3 Å². The minimum absolute atomic E-state index is 0.507. The van der Waals surface area contributed by atoms with Gasteiger partial charge in [-0.1, -0.05) is 0 Å². The summed E-state index contributed by atoms with van der Waals surface area (Å²) in [5.74, 6) is 1.91. The normalized spacial score (nSPS) is 14.7. The highest BCUT2D eigenvalue weighted by Gasteiger charge is 2.22. The van der Waals surface area contributed by atoms with Crippen LogP contribution in [0.15, 0.2) is 24.5 Å². The second-order valence-corrected chi connectivity index (χ2v) is 4.78. The molecule has 2 aromatic heterocycles. The predicted molar refractivity (Wildman–Crippen MR) is 68.7 cm³/mol. The first-order valence-corrected chi connectivity index (χ1v) is 6.13. The van der Waals surface area contributed by atoms with Crippen LogP contribution >= 0.6 is 0 Å². The zero-order valence-electron chi connectivity index (χ0n) is 10.3. The molecule has 1 saturated carbocycles. The Kier molecular flexibility index (Phi) is 2.66. The lowest BCUT2D eigenvalue weighted by molar-refractivity contribution is 0.290. The maximum absolute atomic E-state index is 5.86. The number of rotatable bonds is 4. The number of aryl methyl sites for hydroxylation is 1. The number of anilines is 1. The molecule has 1 fully saturated rings. The zero-order chi connectivity index (χ0) is 12.5. The summed E-state index contributed by atoms with van der Waals surface area (Å²) in [5.41, 5.74) is 7.53. The van der Waals surface area contributed by atoms with E-state index in [0.717, 1.165) is 11.4 Å². The minimum atomic E-state index is 0.507. The zero-order valence-corrected chi connectivity index (χ0v) is 10.3. The van der Waals surface area contributed by atoms with E-state index in [-0.39, 0.29) is 0 Å². The SMILES string of the molecule is Cc1cnn(-c2ccc(N)c(OCC3CC3)n2)c1. The summed E-state index contributed by atoms with van der Waals surface area (Å²) in [4.78, 5) is 4.41. The smallest absolute Gasteiger partial charge is 0.239 e. The van der Waals surface area contributed by atoms with E-state index in [1.54, 1.807) is 10.9 Å². The highest BCUT2D eigenvalue weighted by Crippen LogP contribution is 2.30. The quantitative estimate of drug-likeness (QED) is 0.892. The second-order valence-electron chi connectivity index (χ2n) is 4.78. The second kappa shape index (κ2) is 4.33. The number of nitrogens with zero attached hydrogens (tertiary/aromatic N) is 3. The van der Waals surface area contributed by atoms with E-state index >= 15 is 0 Å². The number of hydrogen-bond donors (Lipinski definition) is 1. The van der Waals surface area contributed by atoms with Crippen molar-refractivity contribution in [3.8, 4) is 11.7 Å². The van der Waals surface area contributed by atoms with Crippen LogP contribution in [0.5, 0.6) is 5.88 Å². The Hall–Kier alpha value is -2.04. The highest BCUT2D eigenvalue weighted by molar-refractivity contribution is 5.50. The van der Waals surface area contributed by atoms with Crippen molar-refractivity contribution in [1.29, 1.82) is 0 Å². The lowest BCUT2D eigenvalue weighted by Gasteiger charge is -2.09. The molecule has 1 aliphatic carbocycles. The Morgan fingerprint density at radius 2 is 2.28 bits per heavy atom. The van der Waals surface area contributed by atoms with Crippen LogP contribution in [0.25, 0.3) is 5.82 Å². The number of pyridine rings is 1. The molecule has 0 atom stereocenters. The summed E-state index contributed by atoms with van der Waals surface area (Å²) in [5, 5.41) is 4.22. The van der Waals surface area contributed by atoms with Gasteiger partial charge in [0, 0.05) is 6.20 Å². The maximum Gasteiger partial charge on any atom is 0.239 e. The van der Waals surface area contributed by atoms with E-state index in [4.69, 9.17) is 10.5 Å². The van der Waals surface area contributed by atoms with Crippen molar-refractivity contribution >= 4 is 5.69 Å². The average molecular weight is 244 g/mol. The third kappa shape index (κ3) is 2.30. The number of nitrogen functional groups attached to an aromatic ring is 1. The van der Waals surface area contributed by atoms with Crippen molar-refractivity contribution in [1.82, 2.24) is 14.8 Å². The van der Waals surface area contributed by atoms with Crippen LogP contribution in [0.3, 0.4) is 0 Å². The van der Waals surface area contributed by atoms with Gasteiger partial charge in [0.1, 0.15) is 0 Å². The van der Waals surface area contributed by atoms with Crippen LogP contribution in [-0.4, -0.2) is 21.4 Å². The molecule has 0 aromatic carbocycles. The lowest BCUT2D eigenvalue weighted by atomic mass is 10.4. The van der Waals surface area contributed by atoms with Crippen LogP contribution in [0.2, 0.25) is 0 Å². The number of nitrogens with two attached hydrogens (primary N) is 1. The molecule has 3 rings (SSSR count). The molecule has 5 heteroatoms. The summed E-state index contributed by atoms with van der Waals surface area (Å²) < 4.78 is 7.37. The Balaban J connectivity index is 1.84. The van der Waals surface area contributed by atoms with Gasteiger partial charge in [0.25, 0.3) is 0 Å². The Morgan fingerprint density at radius 3 is 2.94 bits per heavy atom. The van der Waals surface area contributed by atoms with E-state index in [0.29, 0.717) is 24.1 Å². The van der Waals surface area contributed by atoms with E-state index in [1.165, 1.54) is 12.8 Å². The molecule has 0 unspecified atom stereocenters. The van der Waals surface area contributed by atoms with Gasteiger partial charge in [-0.05, 0) is 43.4 Å². The van der Waals surface area contributed by atoms with Crippen molar-refractivity contribution in [2.24, 2.45) is 5.92 Å². The molecule has 2 heterocycles. The summed E-state index contributed by atoms with van der Waals surface area (Å²) in [6, 6.07) is 3.65. The van der Waals surface area contributed by atoms with Gasteiger partial charge < -0.3 is 10.5 Å². The van der Waals surface area contributed by atoms with Gasteiger partial charge in [-0.3, -0.25) is 0 Å². The molecule has 94 valence electrons. The van der Waals surface area contributed by atoms with Crippen molar-refractivity contribution in [3.63, 3.8) is 0 Å². The van der Waals surface area contributed by atoms with Crippen LogP contribution in [0.1, 0.15) is 18.4 Å². The monoisotopic (exact) mass is 244 g/mol. The van der Waals surface area contributed by atoms with Gasteiger partial charge >= 0.3 is 0 Å². The molecule has 2 N–H and O–H groups in total. The number of hydrogen-bond acceptors (Lipinski definition) is 4. The Morgan fingerprint density at radius 1 is 1.44 bits per heavy atom. The summed E-state index contributed by atoms with van der Waals surface area (Å²) in [6.45, 7) is 2.70. The fourth-order valence-corrected chi connectivity index (χ4v) is 1.70. The molecular weight excluding hydrogens is 228 g/mol. The highest BCUT2D eigenvalue weighted by atomic mass is 16.5. The Labute approximate surface area is 106 Å². The van der Waals surface area contributed by atoms with E-state index < -0.39 is 0 Å². The van der Waals surface area contributed by atoms with Gasteiger partial charge in [-0.2, -0.15) is 10.1 Å². The molecule has 2 aromatic rings.